The van der Waals surface area contributed by atoms with Crippen molar-refractivity contribution in [1.29, 1.82) is 0 Å². The third kappa shape index (κ3) is 3.46. The zero-order valence-electron chi connectivity index (χ0n) is 16.7. The lowest BCUT2D eigenvalue weighted by atomic mass is 10.0. The maximum absolute atomic E-state index is 9.83. The average Bonchev–Trinajstić information content (AvgIpc) is 3.24. The first-order valence-corrected chi connectivity index (χ1v) is 10.3. The topological polar surface area (TPSA) is 70.3 Å². The van der Waals surface area contributed by atoms with Crippen molar-refractivity contribution in [3.8, 4) is 11.3 Å². The smallest absolute Gasteiger partial charge is 0.227 e. The van der Waals surface area contributed by atoms with Crippen molar-refractivity contribution in [2.45, 2.75) is 25.4 Å². The second-order valence-corrected chi connectivity index (χ2v) is 7.85. The van der Waals surface area contributed by atoms with E-state index in [1.165, 1.54) is 16.8 Å². The molecule has 1 saturated heterocycles. The van der Waals surface area contributed by atoms with Gasteiger partial charge in [-0.05, 0) is 18.9 Å². The van der Waals surface area contributed by atoms with E-state index < -0.39 is 0 Å². The Kier molecular flexibility index (Phi) is 4.67. The molecule has 2 aliphatic heterocycles. The summed E-state index contributed by atoms with van der Waals surface area (Å²) in [6, 6.07) is 12.4. The maximum Gasteiger partial charge on any atom is 0.227 e. The van der Waals surface area contributed by atoms with Crippen molar-refractivity contribution in [3.63, 3.8) is 0 Å². The number of hydrogen-bond donors (Lipinski definition) is 1. The fourth-order valence-corrected chi connectivity index (χ4v) is 4.42. The highest BCUT2D eigenvalue weighted by Gasteiger charge is 2.25. The summed E-state index contributed by atoms with van der Waals surface area (Å²) in [6.45, 7) is 3.22. The first-order valence-electron chi connectivity index (χ1n) is 10.3. The Morgan fingerprint density at radius 1 is 1.00 bits per heavy atom. The average molecular weight is 390 g/mol. The van der Waals surface area contributed by atoms with E-state index in [4.69, 9.17) is 10.1 Å². The molecule has 2 aliphatic rings. The predicted octanol–water partition coefficient (Wildman–Crippen LogP) is 2.05. The van der Waals surface area contributed by atoms with Crippen molar-refractivity contribution < 1.29 is 5.11 Å². The molecule has 7 heteroatoms. The third-order valence-electron chi connectivity index (χ3n) is 5.97. The Labute approximate surface area is 170 Å². The normalized spacial score (nSPS) is 19.3. The van der Waals surface area contributed by atoms with Gasteiger partial charge in [-0.3, -0.25) is 4.68 Å². The fraction of sp³-hybridized carbons (Fsp3) is 0.409. The van der Waals surface area contributed by atoms with Crippen LogP contribution in [-0.2, 0) is 19.9 Å². The highest BCUT2D eigenvalue weighted by molar-refractivity contribution is 5.64. The molecule has 0 aliphatic carbocycles. The first-order chi connectivity index (χ1) is 14.2. The molecule has 7 nitrogen and oxygen atoms in total. The molecule has 0 saturated carbocycles. The van der Waals surface area contributed by atoms with Gasteiger partial charge >= 0.3 is 0 Å². The van der Waals surface area contributed by atoms with E-state index in [2.05, 4.69) is 39.0 Å². The standard InChI is InChI=1S/C22H26N6O/c1-26-19-10-14-27(13-9-18(19)21(25-26)16-5-3-2-4-6-16)22-23-11-7-20(24-22)28-12-8-17(29)15-28/h2-7,11,17,29H,8-10,12-15H2,1H3. The maximum atomic E-state index is 9.83. The highest BCUT2D eigenvalue weighted by atomic mass is 16.3. The van der Waals surface area contributed by atoms with Gasteiger partial charge in [-0.15, -0.1) is 0 Å². The number of nitrogens with zero attached hydrogens (tertiary/aromatic N) is 6. The van der Waals surface area contributed by atoms with Gasteiger partial charge in [0.25, 0.3) is 0 Å². The van der Waals surface area contributed by atoms with Crippen LogP contribution in [0.4, 0.5) is 11.8 Å². The second kappa shape index (κ2) is 7.48. The van der Waals surface area contributed by atoms with Gasteiger partial charge in [0.05, 0.1) is 11.8 Å². The summed E-state index contributed by atoms with van der Waals surface area (Å²) in [6.07, 6.45) is 4.21. The minimum Gasteiger partial charge on any atom is -0.391 e. The van der Waals surface area contributed by atoms with Crippen molar-refractivity contribution in [2.75, 3.05) is 36.0 Å². The van der Waals surface area contributed by atoms with Gasteiger partial charge in [0.1, 0.15) is 5.82 Å². The van der Waals surface area contributed by atoms with Crippen LogP contribution >= 0.6 is 0 Å². The van der Waals surface area contributed by atoms with Crippen LogP contribution in [0.15, 0.2) is 42.6 Å². The highest BCUT2D eigenvalue weighted by Crippen LogP contribution is 2.29. The molecule has 1 atom stereocenters. The lowest BCUT2D eigenvalue weighted by molar-refractivity contribution is 0.198. The molecule has 1 unspecified atom stereocenters. The Bertz CT molecular complexity index is 1000. The van der Waals surface area contributed by atoms with Gasteiger partial charge in [-0.1, -0.05) is 30.3 Å². The number of fused-ring (bicyclic) bond motifs is 1. The van der Waals surface area contributed by atoms with E-state index in [-0.39, 0.29) is 6.10 Å². The lowest BCUT2D eigenvalue weighted by Crippen LogP contribution is -2.29. The number of aromatic nitrogens is 4. The van der Waals surface area contributed by atoms with E-state index in [0.29, 0.717) is 6.54 Å². The SMILES string of the molecule is Cn1nc(-c2ccccc2)c2c1CCN(c1nccc(N3CCC(O)C3)n1)CC2. The monoisotopic (exact) mass is 390 g/mol. The largest absolute Gasteiger partial charge is 0.391 e. The molecule has 150 valence electrons. The molecule has 29 heavy (non-hydrogen) atoms. The zero-order chi connectivity index (χ0) is 19.8. The molecule has 4 heterocycles. The summed E-state index contributed by atoms with van der Waals surface area (Å²) >= 11 is 0. The molecule has 1 fully saturated rings. The van der Waals surface area contributed by atoms with Crippen LogP contribution in [0.25, 0.3) is 11.3 Å². The van der Waals surface area contributed by atoms with Gasteiger partial charge in [-0.2, -0.15) is 10.1 Å². The minimum atomic E-state index is -0.259. The number of aliphatic hydroxyl groups is 1. The second-order valence-electron chi connectivity index (χ2n) is 7.85. The quantitative estimate of drug-likeness (QED) is 0.738. The van der Waals surface area contributed by atoms with Gasteiger partial charge in [-0.25, -0.2) is 4.98 Å². The van der Waals surface area contributed by atoms with E-state index in [9.17, 15) is 5.11 Å². The number of anilines is 2. The fourth-order valence-electron chi connectivity index (χ4n) is 4.42. The molecule has 1 N–H and O–H groups in total. The molecule has 0 spiro atoms. The molecular weight excluding hydrogens is 364 g/mol. The number of hydrogen-bond acceptors (Lipinski definition) is 6. The molecule has 2 aromatic heterocycles. The van der Waals surface area contributed by atoms with Crippen molar-refractivity contribution in [1.82, 2.24) is 19.7 Å². The van der Waals surface area contributed by atoms with Crippen molar-refractivity contribution in [2.24, 2.45) is 7.05 Å². The molecular formula is C22H26N6O. The molecule has 0 radical (unpaired) electrons. The minimum absolute atomic E-state index is 0.259. The van der Waals surface area contributed by atoms with Gasteiger partial charge in [0.15, 0.2) is 0 Å². The van der Waals surface area contributed by atoms with E-state index in [0.717, 1.165) is 56.4 Å². The number of β-amino-alcohol motifs (C(OH)–C–C–N with tert-alkyl or cyclic N) is 1. The van der Waals surface area contributed by atoms with Crippen LogP contribution in [0.1, 0.15) is 17.7 Å². The van der Waals surface area contributed by atoms with E-state index >= 15 is 0 Å². The summed E-state index contributed by atoms with van der Waals surface area (Å²) in [5.74, 6) is 1.67. The number of benzene rings is 1. The Hall–Kier alpha value is -2.93. The van der Waals surface area contributed by atoms with Crippen LogP contribution in [-0.4, -0.2) is 57.1 Å². The Morgan fingerprint density at radius 2 is 1.83 bits per heavy atom. The van der Waals surface area contributed by atoms with E-state index in [1.54, 1.807) is 0 Å². The van der Waals surface area contributed by atoms with Crippen molar-refractivity contribution in [3.05, 3.63) is 53.9 Å². The predicted molar refractivity (Wildman–Crippen MR) is 113 cm³/mol. The lowest BCUT2D eigenvalue weighted by Gasteiger charge is -2.23. The van der Waals surface area contributed by atoms with Crippen LogP contribution in [0.2, 0.25) is 0 Å². The van der Waals surface area contributed by atoms with Gasteiger partial charge < -0.3 is 14.9 Å². The van der Waals surface area contributed by atoms with Crippen LogP contribution in [0.3, 0.4) is 0 Å². The van der Waals surface area contributed by atoms with Crippen molar-refractivity contribution >= 4 is 11.8 Å². The summed E-state index contributed by atoms with van der Waals surface area (Å²) in [5, 5.41) is 14.6. The zero-order valence-corrected chi connectivity index (χ0v) is 16.7. The summed E-state index contributed by atoms with van der Waals surface area (Å²) in [5.41, 5.74) is 4.89. The van der Waals surface area contributed by atoms with Crippen LogP contribution in [0, 0.1) is 0 Å². The summed E-state index contributed by atoms with van der Waals surface area (Å²) in [7, 11) is 2.04. The third-order valence-corrected chi connectivity index (χ3v) is 5.97. The molecule has 1 aromatic carbocycles. The molecule has 0 bridgehead atoms. The van der Waals surface area contributed by atoms with E-state index in [1.807, 2.05) is 30.1 Å². The summed E-state index contributed by atoms with van der Waals surface area (Å²) < 4.78 is 2.03. The summed E-state index contributed by atoms with van der Waals surface area (Å²) in [4.78, 5) is 13.8. The Morgan fingerprint density at radius 3 is 2.62 bits per heavy atom. The number of aryl methyl sites for hydroxylation is 1. The Balaban J connectivity index is 1.39. The molecule has 5 rings (SSSR count). The van der Waals surface area contributed by atoms with Gasteiger partial charge in [0, 0.05) is 62.7 Å². The van der Waals surface area contributed by atoms with Crippen LogP contribution < -0.4 is 9.80 Å². The first kappa shape index (κ1) is 18.1. The molecule has 3 aromatic rings. The molecule has 0 amide bonds. The van der Waals surface area contributed by atoms with Crippen LogP contribution in [0.5, 0.6) is 0 Å². The number of rotatable bonds is 3. The van der Waals surface area contributed by atoms with Gasteiger partial charge in [0.2, 0.25) is 5.95 Å². The number of aliphatic hydroxyl groups excluding tert-OH is 1.